The molecule has 0 amide bonds. The Hall–Kier alpha value is -0.310. The van der Waals surface area contributed by atoms with Crippen molar-refractivity contribution in [1.29, 1.82) is 0 Å². The summed E-state index contributed by atoms with van der Waals surface area (Å²) in [5.41, 5.74) is 6.07. The van der Waals surface area contributed by atoms with Crippen LogP contribution in [0, 0.1) is 6.92 Å². The number of anilines is 1. The lowest BCUT2D eigenvalue weighted by Gasteiger charge is -2.36. The van der Waals surface area contributed by atoms with Crippen LogP contribution in [0.3, 0.4) is 0 Å². The summed E-state index contributed by atoms with van der Waals surface area (Å²) in [7, 11) is -3.45. The second-order valence-corrected chi connectivity index (χ2v) is 9.84. The monoisotopic (exact) mass is 307 g/mol. The van der Waals surface area contributed by atoms with Crippen molar-refractivity contribution in [3.63, 3.8) is 0 Å². The number of hydrogen-bond donors (Lipinski definition) is 1. The average Bonchev–Trinajstić information content (AvgIpc) is 2.57. The average molecular weight is 307 g/mol. The highest BCUT2D eigenvalue weighted by molar-refractivity contribution is 8.00. The van der Waals surface area contributed by atoms with Crippen LogP contribution in [0.15, 0.2) is 4.21 Å². The molecule has 1 aliphatic heterocycles. The zero-order valence-electron chi connectivity index (χ0n) is 10.6. The van der Waals surface area contributed by atoms with Gasteiger partial charge >= 0.3 is 0 Å². The van der Waals surface area contributed by atoms with Gasteiger partial charge in [-0.15, -0.1) is 0 Å². The minimum absolute atomic E-state index is 0.0462. The standard InChI is InChI=1S/C10H17N3O2S3/c1-7-8(17-9(11)12-7)18(14,15)13-4-5-16-10(2,3)6-13/h4-6H2,1-3H3,(H2,11,12). The first-order chi connectivity index (χ1) is 8.22. The first-order valence-corrected chi connectivity index (χ1v) is 8.84. The molecule has 1 aliphatic rings. The van der Waals surface area contributed by atoms with Crippen LogP contribution >= 0.6 is 23.1 Å². The Morgan fingerprint density at radius 1 is 1.44 bits per heavy atom. The van der Waals surface area contributed by atoms with Crippen molar-refractivity contribution in [2.75, 3.05) is 24.6 Å². The highest BCUT2D eigenvalue weighted by Crippen LogP contribution is 2.35. The van der Waals surface area contributed by atoms with Gasteiger partial charge in [0.15, 0.2) is 9.34 Å². The summed E-state index contributed by atoms with van der Waals surface area (Å²) in [6, 6.07) is 0. The first-order valence-electron chi connectivity index (χ1n) is 5.59. The number of hydrogen-bond acceptors (Lipinski definition) is 6. The zero-order chi connectivity index (χ0) is 13.6. The number of sulfonamides is 1. The lowest BCUT2D eigenvalue weighted by atomic mass is 10.2. The fraction of sp³-hybridized carbons (Fsp3) is 0.700. The number of thioether (sulfide) groups is 1. The van der Waals surface area contributed by atoms with Crippen molar-refractivity contribution in [2.45, 2.75) is 29.7 Å². The van der Waals surface area contributed by atoms with E-state index in [1.807, 2.05) is 0 Å². The summed E-state index contributed by atoms with van der Waals surface area (Å²) >= 11 is 2.85. The van der Waals surface area contributed by atoms with Gasteiger partial charge in [-0.25, -0.2) is 13.4 Å². The third-order valence-corrected chi connectivity index (χ3v) is 7.45. The summed E-state index contributed by atoms with van der Waals surface area (Å²) < 4.78 is 26.9. The van der Waals surface area contributed by atoms with Crippen LogP contribution in [0.25, 0.3) is 0 Å². The Morgan fingerprint density at radius 2 is 2.11 bits per heavy atom. The Labute approximate surface area is 116 Å². The lowest BCUT2D eigenvalue weighted by Crippen LogP contribution is -2.46. The molecule has 2 N–H and O–H groups in total. The van der Waals surface area contributed by atoms with Crippen molar-refractivity contribution in [3.05, 3.63) is 5.69 Å². The summed E-state index contributed by atoms with van der Waals surface area (Å²) in [6.07, 6.45) is 0. The van der Waals surface area contributed by atoms with Crippen molar-refractivity contribution >= 4 is 38.3 Å². The molecule has 0 atom stereocenters. The zero-order valence-corrected chi connectivity index (χ0v) is 13.1. The number of rotatable bonds is 2. The highest BCUT2D eigenvalue weighted by Gasteiger charge is 2.36. The molecule has 0 radical (unpaired) electrons. The fourth-order valence-electron chi connectivity index (χ4n) is 1.94. The number of nitrogens with two attached hydrogens (primary N) is 1. The van der Waals surface area contributed by atoms with E-state index in [-0.39, 0.29) is 8.96 Å². The minimum atomic E-state index is -3.45. The van der Waals surface area contributed by atoms with E-state index in [0.717, 1.165) is 17.1 Å². The molecule has 1 saturated heterocycles. The summed E-state index contributed by atoms with van der Waals surface area (Å²) in [4.78, 5) is 3.99. The van der Waals surface area contributed by atoms with Crippen LogP contribution in [-0.4, -0.2) is 41.3 Å². The van der Waals surface area contributed by atoms with E-state index in [9.17, 15) is 8.42 Å². The summed E-state index contributed by atoms with van der Waals surface area (Å²) in [5.74, 6) is 0.819. The van der Waals surface area contributed by atoms with Crippen LogP contribution in [0.4, 0.5) is 5.13 Å². The van der Waals surface area contributed by atoms with E-state index < -0.39 is 10.0 Å². The second-order valence-electron chi connectivity index (χ2n) is 4.87. The maximum absolute atomic E-state index is 12.5. The van der Waals surface area contributed by atoms with E-state index >= 15 is 0 Å². The third-order valence-electron chi connectivity index (χ3n) is 2.74. The quantitative estimate of drug-likeness (QED) is 0.897. The van der Waals surface area contributed by atoms with Gasteiger partial charge in [0, 0.05) is 23.6 Å². The molecule has 2 rings (SSSR count). The molecular formula is C10H17N3O2S3. The Morgan fingerprint density at radius 3 is 2.61 bits per heavy atom. The maximum atomic E-state index is 12.5. The van der Waals surface area contributed by atoms with E-state index in [0.29, 0.717) is 23.9 Å². The smallest absolute Gasteiger partial charge is 0.254 e. The molecule has 1 fully saturated rings. The second kappa shape index (κ2) is 4.66. The Balaban J connectivity index is 2.34. The van der Waals surface area contributed by atoms with Crippen molar-refractivity contribution in [3.8, 4) is 0 Å². The summed E-state index contributed by atoms with van der Waals surface area (Å²) in [5, 5.41) is 0.303. The number of aryl methyl sites for hydroxylation is 1. The van der Waals surface area contributed by atoms with Crippen LogP contribution < -0.4 is 5.73 Å². The minimum Gasteiger partial charge on any atom is -0.375 e. The Bertz CT molecular complexity index is 551. The number of nitrogen functional groups attached to an aromatic ring is 1. The number of thiazole rings is 1. The Kier molecular flexibility index (Phi) is 3.65. The molecule has 0 aliphatic carbocycles. The largest absolute Gasteiger partial charge is 0.375 e. The molecule has 0 saturated carbocycles. The van der Waals surface area contributed by atoms with Crippen LogP contribution in [0.5, 0.6) is 0 Å². The number of nitrogens with zero attached hydrogens (tertiary/aromatic N) is 2. The highest BCUT2D eigenvalue weighted by atomic mass is 32.2. The first kappa shape index (κ1) is 14.1. The molecule has 5 nitrogen and oxygen atoms in total. The molecule has 1 aromatic heterocycles. The van der Waals surface area contributed by atoms with Crippen LogP contribution in [0.1, 0.15) is 19.5 Å². The molecule has 18 heavy (non-hydrogen) atoms. The van der Waals surface area contributed by atoms with Gasteiger partial charge in [0.25, 0.3) is 10.0 Å². The topological polar surface area (TPSA) is 76.3 Å². The van der Waals surface area contributed by atoms with Gasteiger partial charge in [-0.1, -0.05) is 11.3 Å². The lowest BCUT2D eigenvalue weighted by molar-refractivity contribution is 0.388. The van der Waals surface area contributed by atoms with Gasteiger partial charge in [-0.2, -0.15) is 16.1 Å². The van der Waals surface area contributed by atoms with Gasteiger partial charge in [0.1, 0.15) is 0 Å². The SMILES string of the molecule is Cc1nc(N)sc1S(=O)(=O)N1CCSC(C)(C)C1. The molecule has 0 bridgehead atoms. The van der Waals surface area contributed by atoms with E-state index in [4.69, 9.17) is 5.73 Å². The maximum Gasteiger partial charge on any atom is 0.254 e. The van der Waals surface area contributed by atoms with Crippen molar-refractivity contribution < 1.29 is 8.42 Å². The van der Waals surface area contributed by atoms with Gasteiger partial charge in [-0.3, -0.25) is 0 Å². The molecule has 0 aromatic carbocycles. The number of aromatic nitrogens is 1. The molecule has 102 valence electrons. The molecular weight excluding hydrogens is 290 g/mol. The van der Waals surface area contributed by atoms with E-state index in [2.05, 4.69) is 18.8 Å². The third kappa shape index (κ3) is 2.66. The van der Waals surface area contributed by atoms with E-state index in [1.165, 1.54) is 0 Å². The van der Waals surface area contributed by atoms with Gasteiger partial charge in [0.2, 0.25) is 0 Å². The molecule has 8 heteroatoms. The summed E-state index contributed by atoms with van der Waals surface area (Å²) in [6.45, 7) is 6.88. The molecule has 0 unspecified atom stereocenters. The van der Waals surface area contributed by atoms with Gasteiger partial charge in [-0.05, 0) is 20.8 Å². The molecule has 0 spiro atoms. The van der Waals surface area contributed by atoms with E-state index in [1.54, 1.807) is 23.0 Å². The van der Waals surface area contributed by atoms with Gasteiger partial charge in [0.05, 0.1) is 5.69 Å². The predicted octanol–water partition coefficient (Wildman–Crippen LogP) is 1.55. The molecule has 2 heterocycles. The van der Waals surface area contributed by atoms with Crippen molar-refractivity contribution in [2.24, 2.45) is 0 Å². The van der Waals surface area contributed by atoms with Gasteiger partial charge < -0.3 is 5.73 Å². The fourth-order valence-corrected chi connectivity index (χ4v) is 6.28. The van der Waals surface area contributed by atoms with Crippen LogP contribution in [-0.2, 0) is 10.0 Å². The van der Waals surface area contributed by atoms with Crippen LogP contribution in [0.2, 0.25) is 0 Å². The normalized spacial score (nSPS) is 21.1. The molecule has 1 aromatic rings. The van der Waals surface area contributed by atoms with Crippen molar-refractivity contribution in [1.82, 2.24) is 9.29 Å². The predicted molar refractivity (Wildman–Crippen MR) is 76.6 cm³/mol.